The lowest BCUT2D eigenvalue weighted by molar-refractivity contribution is -0.145. The van der Waals surface area contributed by atoms with Crippen LogP contribution in [-0.4, -0.2) is 37.6 Å². The van der Waals surface area contributed by atoms with Gasteiger partial charge >= 0.3 is 11.9 Å². The zero-order valence-electron chi connectivity index (χ0n) is 18.0. The molecule has 1 aliphatic rings. The third-order valence-electron chi connectivity index (χ3n) is 4.80. The number of unbranched alkanes of at least 4 members (excludes halogenated alkanes) is 1. The largest absolute Gasteiger partial charge is 0.463 e. The molecule has 0 saturated carbocycles. The quantitative estimate of drug-likeness (QED) is 0.477. The highest BCUT2D eigenvalue weighted by molar-refractivity contribution is 6.00. The van der Waals surface area contributed by atoms with Crippen molar-refractivity contribution in [2.45, 2.75) is 46.5 Å². The summed E-state index contributed by atoms with van der Waals surface area (Å²) in [5, 5.41) is 5.80. The first-order chi connectivity index (χ1) is 14.4. The molecule has 0 spiro atoms. The van der Waals surface area contributed by atoms with Crippen molar-refractivity contribution in [2.24, 2.45) is 0 Å². The summed E-state index contributed by atoms with van der Waals surface area (Å²) in [5.41, 5.74) is 2.60. The van der Waals surface area contributed by atoms with Crippen LogP contribution in [0.4, 0.5) is 0 Å². The molecule has 2 rings (SSSR count). The third-order valence-corrected chi connectivity index (χ3v) is 4.80. The Labute approximate surface area is 177 Å². The molecule has 0 radical (unpaired) electrons. The summed E-state index contributed by atoms with van der Waals surface area (Å²) in [5.74, 6) is -2.14. The van der Waals surface area contributed by atoms with Crippen molar-refractivity contribution in [3.05, 3.63) is 58.4 Å². The highest BCUT2D eigenvalue weighted by atomic mass is 16.5. The Bertz CT molecular complexity index is 842. The SMILES string of the molecule is CCCCNC(=O)COC(=O)C1=C(C)NC(C)=C(C(=O)OCC)C1c1ccccc1. The predicted molar refractivity (Wildman–Crippen MR) is 113 cm³/mol. The molecule has 0 aromatic heterocycles. The van der Waals surface area contributed by atoms with Crippen LogP contribution in [0.3, 0.4) is 0 Å². The minimum atomic E-state index is -0.651. The van der Waals surface area contributed by atoms with E-state index >= 15 is 0 Å². The molecule has 0 saturated heterocycles. The number of amides is 1. The number of hydrogen-bond donors (Lipinski definition) is 2. The summed E-state index contributed by atoms with van der Waals surface area (Å²) in [4.78, 5) is 37.7. The fourth-order valence-electron chi connectivity index (χ4n) is 3.39. The van der Waals surface area contributed by atoms with Crippen LogP contribution in [0, 0.1) is 0 Å². The molecule has 1 unspecified atom stereocenters. The van der Waals surface area contributed by atoms with Crippen molar-refractivity contribution in [3.8, 4) is 0 Å². The van der Waals surface area contributed by atoms with Gasteiger partial charge in [-0.15, -0.1) is 0 Å². The van der Waals surface area contributed by atoms with Gasteiger partial charge in [-0.05, 0) is 32.8 Å². The molecule has 0 fully saturated rings. The van der Waals surface area contributed by atoms with Crippen molar-refractivity contribution >= 4 is 17.8 Å². The van der Waals surface area contributed by atoms with E-state index in [1.165, 1.54) is 0 Å². The Balaban J connectivity index is 2.31. The average molecular weight is 415 g/mol. The number of hydrogen-bond acceptors (Lipinski definition) is 6. The smallest absolute Gasteiger partial charge is 0.337 e. The minimum Gasteiger partial charge on any atom is -0.463 e. The lowest BCUT2D eigenvalue weighted by Gasteiger charge is -2.30. The van der Waals surface area contributed by atoms with Gasteiger partial charge in [-0.2, -0.15) is 0 Å². The monoisotopic (exact) mass is 414 g/mol. The van der Waals surface area contributed by atoms with Gasteiger partial charge in [0.2, 0.25) is 0 Å². The molecule has 1 atom stereocenters. The number of ether oxygens (including phenoxy) is 2. The molecular weight excluding hydrogens is 384 g/mol. The summed E-state index contributed by atoms with van der Waals surface area (Å²) < 4.78 is 10.5. The molecule has 1 aromatic carbocycles. The summed E-state index contributed by atoms with van der Waals surface area (Å²) in [6.07, 6.45) is 1.82. The van der Waals surface area contributed by atoms with E-state index in [9.17, 15) is 14.4 Å². The van der Waals surface area contributed by atoms with E-state index < -0.39 is 17.9 Å². The first-order valence-corrected chi connectivity index (χ1v) is 10.2. The third kappa shape index (κ3) is 5.72. The fourth-order valence-corrected chi connectivity index (χ4v) is 3.39. The topological polar surface area (TPSA) is 93.7 Å². The van der Waals surface area contributed by atoms with Gasteiger partial charge in [-0.3, -0.25) is 4.79 Å². The van der Waals surface area contributed by atoms with E-state index in [-0.39, 0.29) is 24.7 Å². The molecule has 1 amide bonds. The number of allylic oxidation sites excluding steroid dienone is 2. The van der Waals surface area contributed by atoms with Crippen LogP contribution >= 0.6 is 0 Å². The Morgan fingerprint density at radius 2 is 1.57 bits per heavy atom. The van der Waals surface area contributed by atoms with Gasteiger partial charge in [0.05, 0.1) is 23.7 Å². The summed E-state index contributed by atoms with van der Waals surface area (Å²) in [6.45, 7) is 7.66. The number of carbonyl (C=O) groups is 3. The second kappa shape index (κ2) is 11.2. The summed E-state index contributed by atoms with van der Waals surface area (Å²) in [6, 6.07) is 9.24. The van der Waals surface area contributed by atoms with Crippen molar-refractivity contribution in [1.29, 1.82) is 0 Å². The molecule has 7 heteroatoms. The van der Waals surface area contributed by atoms with Gasteiger partial charge in [-0.1, -0.05) is 43.7 Å². The normalized spacial score (nSPS) is 16.1. The first-order valence-electron chi connectivity index (χ1n) is 10.2. The number of rotatable bonds is 9. The van der Waals surface area contributed by atoms with Gasteiger partial charge in [0, 0.05) is 17.9 Å². The van der Waals surface area contributed by atoms with Crippen LogP contribution < -0.4 is 10.6 Å². The second-order valence-corrected chi connectivity index (χ2v) is 7.05. The lowest BCUT2D eigenvalue weighted by atomic mass is 9.80. The van der Waals surface area contributed by atoms with E-state index in [2.05, 4.69) is 10.6 Å². The van der Waals surface area contributed by atoms with Gasteiger partial charge < -0.3 is 20.1 Å². The molecule has 0 bridgehead atoms. The predicted octanol–water partition coefficient (Wildman–Crippen LogP) is 2.94. The molecule has 0 aliphatic carbocycles. The van der Waals surface area contributed by atoms with Crippen LogP contribution in [0.25, 0.3) is 0 Å². The Kier molecular flexibility index (Phi) is 8.65. The van der Waals surface area contributed by atoms with Gasteiger partial charge in [0.25, 0.3) is 5.91 Å². The molecule has 1 aliphatic heterocycles. The number of carbonyl (C=O) groups excluding carboxylic acids is 3. The Hall–Kier alpha value is -3.09. The van der Waals surface area contributed by atoms with Crippen LogP contribution in [0.15, 0.2) is 52.9 Å². The second-order valence-electron chi connectivity index (χ2n) is 7.05. The first kappa shape index (κ1) is 23.2. The minimum absolute atomic E-state index is 0.220. The van der Waals surface area contributed by atoms with Crippen molar-refractivity contribution in [1.82, 2.24) is 10.6 Å². The standard InChI is InChI=1S/C23H30N2O5/c1-5-7-13-24-18(26)14-30-23(28)20-16(4)25-15(3)19(22(27)29-6-2)21(20)17-11-9-8-10-12-17/h8-12,21,25H,5-7,13-14H2,1-4H3,(H,24,26). The summed E-state index contributed by atoms with van der Waals surface area (Å²) >= 11 is 0. The number of nitrogens with one attached hydrogen (secondary N) is 2. The van der Waals surface area contributed by atoms with Crippen LogP contribution in [0.2, 0.25) is 0 Å². The molecule has 7 nitrogen and oxygen atoms in total. The van der Waals surface area contributed by atoms with Crippen molar-refractivity contribution in [2.75, 3.05) is 19.8 Å². The van der Waals surface area contributed by atoms with Crippen LogP contribution in [0.1, 0.15) is 52.0 Å². The lowest BCUT2D eigenvalue weighted by Crippen LogP contribution is -2.34. The molecule has 30 heavy (non-hydrogen) atoms. The maximum atomic E-state index is 13.0. The number of dihydropyridines is 1. The Morgan fingerprint density at radius 1 is 0.967 bits per heavy atom. The fraction of sp³-hybridized carbons (Fsp3) is 0.435. The van der Waals surface area contributed by atoms with Crippen LogP contribution in [-0.2, 0) is 23.9 Å². The van der Waals surface area contributed by atoms with Gasteiger partial charge in [0.1, 0.15) is 0 Å². The van der Waals surface area contributed by atoms with Gasteiger partial charge in [-0.25, -0.2) is 9.59 Å². The van der Waals surface area contributed by atoms with Crippen molar-refractivity contribution in [3.63, 3.8) is 0 Å². The zero-order valence-corrected chi connectivity index (χ0v) is 18.0. The Morgan fingerprint density at radius 3 is 2.13 bits per heavy atom. The van der Waals surface area contributed by atoms with E-state index in [0.29, 0.717) is 23.5 Å². The molecule has 2 N–H and O–H groups in total. The molecule has 162 valence electrons. The zero-order chi connectivity index (χ0) is 22.1. The van der Waals surface area contributed by atoms with E-state index in [1.807, 2.05) is 37.3 Å². The molecular formula is C23H30N2O5. The van der Waals surface area contributed by atoms with Crippen LogP contribution in [0.5, 0.6) is 0 Å². The van der Waals surface area contributed by atoms with Crippen molar-refractivity contribution < 1.29 is 23.9 Å². The summed E-state index contributed by atoms with van der Waals surface area (Å²) in [7, 11) is 0. The van der Waals surface area contributed by atoms with Gasteiger partial charge in [0.15, 0.2) is 6.61 Å². The number of benzene rings is 1. The van der Waals surface area contributed by atoms with E-state index in [4.69, 9.17) is 9.47 Å². The maximum absolute atomic E-state index is 13.0. The highest BCUT2D eigenvalue weighted by Crippen LogP contribution is 2.39. The maximum Gasteiger partial charge on any atom is 0.337 e. The number of esters is 2. The molecule has 1 aromatic rings. The average Bonchev–Trinajstić information content (AvgIpc) is 2.72. The van der Waals surface area contributed by atoms with E-state index in [1.54, 1.807) is 20.8 Å². The van der Waals surface area contributed by atoms with E-state index in [0.717, 1.165) is 18.4 Å². The molecule has 1 heterocycles. The highest BCUT2D eigenvalue weighted by Gasteiger charge is 2.38.